The molecule has 5 heteroatoms. The minimum atomic E-state index is -0.927. The van der Waals surface area contributed by atoms with E-state index >= 15 is 0 Å². The SMILES string of the molecule is CC1CCCN(C(=O)c2ccc(CN)cc2)C1C(=O)O. The van der Waals surface area contributed by atoms with E-state index in [9.17, 15) is 14.7 Å². The number of nitrogens with two attached hydrogens (primary N) is 1. The molecule has 1 aliphatic rings. The highest BCUT2D eigenvalue weighted by Gasteiger charge is 2.37. The third kappa shape index (κ3) is 2.82. The van der Waals surface area contributed by atoms with E-state index in [0.717, 1.165) is 18.4 Å². The summed E-state index contributed by atoms with van der Waals surface area (Å²) in [6.45, 7) is 2.81. The van der Waals surface area contributed by atoms with Crippen molar-refractivity contribution in [3.05, 3.63) is 35.4 Å². The highest BCUT2D eigenvalue weighted by atomic mass is 16.4. The Kier molecular flexibility index (Phi) is 4.39. The van der Waals surface area contributed by atoms with Crippen LogP contribution in [0.2, 0.25) is 0 Å². The number of hydrogen-bond donors (Lipinski definition) is 2. The second-order valence-electron chi connectivity index (χ2n) is 5.30. The normalized spacial score (nSPS) is 22.6. The highest BCUT2D eigenvalue weighted by Crippen LogP contribution is 2.25. The van der Waals surface area contributed by atoms with E-state index in [4.69, 9.17) is 5.73 Å². The van der Waals surface area contributed by atoms with Crippen LogP contribution in [0.15, 0.2) is 24.3 Å². The number of nitrogens with zero attached hydrogens (tertiary/aromatic N) is 1. The maximum atomic E-state index is 12.5. The number of likely N-dealkylation sites (tertiary alicyclic amines) is 1. The summed E-state index contributed by atoms with van der Waals surface area (Å²) in [5.41, 5.74) is 6.99. The fraction of sp³-hybridized carbons (Fsp3) is 0.467. The van der Waals surface area contributed by atoms with Crippen LogP contribution in [-0.2, 0) is 11.3 Å². The van der Waals surface area contributed by atoms with Crippen molar-refractivity contribution in [2.45, 2.75) is 32.4 Å². The zero-order valence-electron chi connectivity index (χ0n) is 11.6. The predicted molar refractivity (Wildman–Crippen MR) is 75.2 cm³/mol. The van der Waals surface area contributed by atoms with Gasteiger partial charge in [-0.3, -0.25) is 4.79 Å². The molecule has 1 aromatic carbocycles. The van der Waals surface area contributed by atoms with Gasteiger partial charge in [0.05, 0.1) is 0 Å². The van der Waals surface area contributed by atoms with Crippen molar-refractivity contribution in [2.75, 3.05) is 6.54 Å². The lowest BCUT2D eigenvalue weighted by Gasteiger charge is -2.37. The van der Waals surface area contributed by atoms with Crippen LogP contribution in [0.3, 0.4) is 0 Å². The van der Waals surface area contributed by atoms with Gasteiger partial charge in [0, 0.05) is 18.7 Å². The van der Waals surface area contributed by atoms with Crippen molar-refractivity contribution in [2.24, 2.45) is 11.7 Å². The van der Waals surface area contributed by atoms with Crippen LogP contribution in [0, 0.1) is 5.92 Å². The molecule has 20 heavy (non-hydrogen) atoms. The number of carbonyl (C=O) groups is 2. The molecule has 1 saturated heterocycles. The lowest BCUT2D eigenvalue weighted by molar-refractivity contribution is -0.145. The number of piperidine rings is 1. The van der Waals surface area contributed by atoms with Crippen molar-refractivity contribution in [3.8, 4) is 0 Å². The number of benzene rings is 1. The first-order valence-electron chi connectivity index (χ1n) is 6.87. The lowest BCUT2D eigenvalue weighted by Crippen LogP contribution is -2.51. The second kappa shape index (κ2) is 6.05. The van der Waals surface area contributed by atoms with Crippen molar-refractivity contribution < 1.29 is 14.7 Å². The lowest BCUT2D eigenvalue weighted by atomic mass is 9.90. The van der Waals surface area contributed by atoms with E-state index in [1.54, 1.807) is 24.3 Å². The van der Waals surface area contributed by atoms with Gasteiger partial charge in [0.25, 0.3) is 5.91 Å². The Bertz CT molecular complexity index is 498. The Morgan fingerprint density at radius 3 is 2.55 bits per heavy atom. The van der Waals surface area contributed by atoms with Gasteiger partial charge in [0.15, 0.2) is 0 Å². The molecule has 5 nitrogen and oxygen atoms in total. The molecule has 1 aliphatic heterocycles. The Morgan fingerprint density at radius 1 is 1.35 bits per heavy atom. The van der Waals surface area contributed by atoms with E-state index in [2.05, 4.69) is 0 Å². The van der Waals surface area contributed by atoms with Crippen molar-refractivity contribution >= 4 is 11.9 Å². The van der Waals surface area contributed by atoms with Crippen LogP contribution in [-0.4, -0.2) is 34.5 Å². The van der Waals surface area contributed by atoms with Gasteiger partial charge in [0.1, 0.15) is 6.04 Å². The molecule has 1 heterocycles. The molecule has 1 amide bonds. The molecule has 2 atom stereocenters. The maximum Gasteiger partial charge on any atom is 0.326 e. The molecule has 2 rings (SSSR count). The monoisotopic (exact) mass is 276 g/mol. The average Bonchev–Trinajstić information content (AvgIpc) is 2.46. The first-order chi connectivity index (χ1) is 9.54. The van der Waals surface area contributed by atoms with Crippen molar-refractivity contribution in [3.63, 3.8) is 0 Å². The van der Waals surface area contributed by atoms with E-state index < -0.39 is 12.0 Å². The number of carbonyl (C=O) groups excluding carboxylic acids is 1. The van der Waals surface area contributed by atoms with Gasteiger partial charge in [-0.1, -0.05) is 19.1 Å². The van der Waals surface area contributed by atoms with Gasteiger partial charge in [-0.25, -0.2) is 4.79 Å². The van der Waals surface area contributed by atoms with Crippen LogP contribution in [0.5, 0.6) is 0 Å². The second-order valence-corrected chi connectivity index (χ2v) is 5.30. The summed E-state index contributed by atoms with van der Waals surface area (Å²) in [5.74, 6) is -1.16. The van der Waals surface area contributed by atoms with E-state index in [1.165, 1.54) is 4.90 Å². The van der Waals surface area contributed by atoms with Crippen LogP contribution in [0.25, 0.3) is 0 Å². The predicted octanol–water partition coefficient (Wildman–Crippen LogP) is 1.47. The molecule has 0 aromatic heterocycles. The topological polar surface area (TPSA) is 83.6 Å². The molecule has 0 saturated carbocycles. The number of rotatable bonds is 3. The molecule has 3 N–H and O–H groups in total. The zero-order chi connectivity index (χ0) is 14.7. The summed E-state index contributed by atoms with van der Waals surface area (Å²) in [7, 11) is 0. The van der Waals surface area contributed by atoms with Gasteiger partial charge >= 0.3 is 5.97 Å². The summed E-state index contributed by atoms with van der Waals surface area (Å²) >= 11 is 0. The van der Waals surface area contributed by atoms with Crippen molar-refractivity contribution in [1.82, 2.24) is 4.90 Å². The van der Waals surface area contributed by atoms with Crippen LogP contribution < -0.4 is 5.73 Å². The van der Waals surface area contributed by atoms with E-state index in [0.29, 0.717) is 18.7 Å². The van der Waals surface area contributed by atoms with E-state index in [1.807, 2.05) is 6.92 Å². The molecule has 108 valence electrons. The molecule has 0 aliphatic carbocycles. The van der Waals surface area contributed by atoms with Crippen LogP contribution in [0.4, 0.5) is 0 Å². The summed E-state index contributed by atoms with van der Waals surface area (Å²) in [5, 5.41) is 9.35. The number of hydrogen-bond acceptors (Lipinski definition) is 3. The average molecular weight is 276 g/mol. The van der Waals surface area contributed by atoms with Crippen LogP contribution >= 0.6 is 0 Å². The van der Waals surface area contributed by atoms with Gasteiger partial charge in [-0.15, -0.1) is 0 Å². The molecule has 0 spiro atoms. The number of carboxylic acids is 1. The minimum absolute atomic E-state index is 0.0199. The fourth-order valence-corrected chi connectivity index (χ4v) is 2.74. The Balaban J connectivity index is 2.23. The molecule has 2 unspecified atom stereocenters. The molecule has 0 bridgehead atoms. The number of carboxylic acid groups (broad SMARTS) is 1. The quantitative estimate of drug-likeness (QED) is 0.875. The molecular weight excluding hydrogens is 256 g/mol. The Labute approximate surface area is 118 Å². The highest BCUT2D eigenvalue weighted by molar-refractivity contribution is 5.96. The number of aliphatic carboxylic acids is 1. The molecule has 0 radical (unpaired) electrons. The maximum absolute atomic E-state index is 12.5. The fourth-order valence-electron chi connectivity index (χ4n) is 2.74. The third-order valence-electron chi connectivity index (χ3n) is 3.88. The molecular formula is C15H20N2O3. The summed E-state index contributed by atoms with van der Waals surface area (Å²) in [6.07, 6.45) is 1.68. The summed E-state index contributed by atoms with van der Waals surface area (Å²) in [6, 6.07) is 6.29. The largest absolute Gasteiger partial charge is 0.480 e. The number of amides is 1. The van der Waals surface area contributed by atoms with Gasteiger partial charge in [-0.05, 0) is 36.5 Å². The first-order valence-corrected chi connectivity index (χ1v) is 6.87. The first kappa shape index (κ1) is 14.5. The smallest absolute Gasteiger partial charge is 0.326 e. The van der Waals surface area contributed by atoms with Crippen LogP contribution in [0.1, 0.15) is 35.7 Å². The van der Waals surface area contributed by atoms with Gasteiger partial charge in [-0.2, -0.15) is 0 Å². The minimum Gasteiger partial charge on any atom is -0.480 e. The summed E-state index contributed by atoms with van der Waals surface area (Å²) in [4.78, 5) is 25.4. The summed E-state index contributed by atoms with van der Waals surface area (Å²) < 4.78 is 0. The molecule has 1 fully saturated rings. The zero-order valence-corrected chi connectivity index (χ0v) is 11.6. The van der Waals surface area contributed by atoms with Gasteiger partial charge in [0.2, 0.25) is 0 Å². The Hall–Kier alpha value is -1.88. The van der Waals surface area contributed by atoms with E-state index in [-0.39, 0.29) is 11.8 Å². The Morgan fingerprint density at radius 2 is 2.00 bits per heavy atom. The molecule has 1 aromatic rings. The van der Waals surface area contributed by atoms with Gasteiger partial charge < -0.3 is 15.7 Å². The third-order valence-corrected chi connectivity index (χ3v) is 3.88. The van der Waals surface area contributed by atoms with Crippen molar-refractivity contribution in [1.29, 1.82) is 0 Å². The standard InChI is InChI=1S/C15H20N2O3/c1-10-3-2-8-17(13(10)15(19)20)14(18)12-6-4-11(9-16)5-7-12/h4-7,10,13H,2-3,8-9,16H2,1H3,(H,19,20).